The van der Waals surface area contributed by atoms with Crippen LogP contribution in [0.4, 0.5) is 10.6 Å². The molecular formula is C21H25N5O3. The Balaban J connectivity index is 1.56. The lowest BCUT2D eigenvalue weighted by Gasteiger charge is -2.35. The number of carbonyl (C=O) groups is 1. The lowest BCUT2D eigenvalue weighted by molar-refractivity contribution is 0.0751. The third-order valence-electron chi connectivity index (χ3n) is 4.95. The summed E-state index contributed by atoms with van der Waals surface area (Å²) in [4.78, 5) is 20.9. The molecule has 1 aliphatic rings. The topological polar surface area (TPSA) is 72.2 Å². The van der Waals surface area contributed by atoms with Crippen molar-refractivity contribution in [3.8, 4) is 16.9 Å². The number of rotatable bonds is 4. The van der Waals surface area contributed by atoms with Gasteiger partial charge in [-0.05, 0) is 26.0 Å². The highest BCUT2D eigenvalue weighted by molar-refractivity contribution is 5.81. The molecule has 3 heterocycles. The van der Waals surface area contributed by atoms with Crippen LogP contribution in [0, 0.1) is 0 Å². The van der Waals surface area contributed by atoms with Gasteiger partial charge in [-0.15, -0.1) is 0 Å². The molecule has 0 aliphatic carbocycles. The summed E-state index contributed by atoms with van der Waals surface area (Å²) >= 11 is 0. The fraction of sp³-hybridized carbons (Fsp3) is 0.381. The Hall–Kier alpha value is -3.29. The van der Waals surface area contributed by atoms with Crippen molar-refractivity contribution in [1.82, 2.24) is 19.5 Å². The Labute approximate surface area is 169 Å². The van der Waals surface area contributed by atoms with Crippen LogP contribution in [0.2, 0.25) is 0 Å². The molecule has 1 fully saturated rings. The number of hydrogen-bond donors (Lipinski definition) is 0. The number of hydrogen-bond acceptors (Lipinski definition) is 6. The van der Waals surface area contributed by atoms with Gasteiger partial charge in [-0.1, -0.05) is 18.2 Å². The number of methoxy groups -OCH3 is 1. The largest absolute Gasteiger partial charge is 0.496 e. The summed E-state index contributed by atoms with van der Waals surface area (Å²) in [6, 6.07) is 9.80. The second kappa shape index (κ2) is 7.98. The first-order valence-electron chi connectivity index (χ1n) is 9.75. The maximum Gasteiger partial charge on any atom is 0.410 e. The first-order chi connectivity index (χ1) is 14.1. The van der Waals surface area contributed by atoms with Crippen LogP contribution < -0.4 is 9.64 Å². The SMILES string of the molecule is COc1ccccc1-c1cnn2ccc(N3CCN(C(=O)OC(C)C)CC3)nc12. The summed E-state index contributed by atoms with van der Waals surface area (Å²) in [5, 5.41) is 4.43. The van der Waals surface area contributed by atoms with Crippen LogP contribution in [0.25, 0.3) is 16.8 Å². The molecule has 8 heteroatoms. The van der Waals surface area contributed by atoms with Crippen molar-refractivity contribution in [2.75, 3.05) is 38.2 Å². The third-order valence-corrected chi connectivity index (χ3v) is 4.95. The van der Waals surface area contributed by atoms with Gasteiger partial charge in [0.05, 0.1) is 25.0 Å². The van der Waals surface area contributed by atoms with Crippen LogP contribution >= 0.6 is 0 Å². The molecule has 29 heavy (non-hydrogen) atoms. The van der Waals surface area contributed by atoms with E-state index in [1.807, 2.05) is 56.6 Å². The van der Waals surface area contributed by atoms with E-state index < -0.39 is 0 Å². The first kappa shape index (κ1) is 19.0. The molecule has 8 nitrogen and oxygen atoms in total. The van der Waals surface area contributed by atoms with E-state index in [4.69, 9.17) is 14.5 Å². The van der Waals surface area contributed by atoms with E-state index in [1.54, 1.807) is 16.5 Å². The Bertz CT molecular complexity index is 1010. The Morgan fingerprint density at radius 1 is 1.07 bits per heavy atom. The zero-order valence-corrected chi connectivity index (χ0v) is 16.9. The molecule has 1 aromatic carbocycles. The molecule has 0 unspecified atom stereocenters. The average Bonchev–Trinajstić information content (AvgIpc) is 3.16. The van der Waals surface area contributed by atoms with Gasteiger partial charge in [0.2, 0.25) is 0 Å². The summed E-state index contributed by atoms with van der Waals surface area (Å²) < 4.78 is 12.6. The van der Waals surface area contributed by atoms with Crippen molar-refractivity contribution in [3.05, 3.63) is 42.7 Å². The quantitative estimate of drug-likeness (QED) is 0.676. The number of para-hydroxylation sites is 1. The smallest absolute Gasteiger partial charge is 0.410 e. The van der Waals surface area contributed by atoms with Gasteiger partial charge in [0.25, 0.3) is 0 Å². The number of fused-ring (bicyclic) bond motifs is 1. The lowest BCUT2D eigenvalue weighted by atomic mass is 10.1. The molecule has 0 radical (unpaired) electrons. The Kier molecular flexibility index (Phi) is 5.24. The van der Waals surface area contributed by atoms with Gasteiger partial charge in [-0.2, -0.15) is 5.10 Å². The summed E-state index contributed by atoms with van der Waals surface area (Å²) in [6.45, 7) is 6.34. The van der Waals surface area contributed by atoms with Crippen LogP contribution in [0.5, 0.6) is 5.75 Å². The zero-order chi connectivity index (χ0) is 20.4. The number of amides is 1. The van der Waals surface area contributed by atoms with E-state index in [2.05, 4.69) is 10.00 Å². The van der Waals surface area contributed by atoms with Crippen LogP contribution in [0.15, 0.2) is 42.7 Å². The number of ether oxygens (including phenoxy) is 2. The predicted octanol–water partition coefficient (Wildman–Crippen LogP) is 3.07. The predicted molar refractivity (Wildman–Crippen MR) is 110 cm³/mol. The molecule has 0 saturated carbocycles. The van der Waals surface area contributed by atoms with Crippen molar-refractivity contribution in [1.29, 1.82) is 0 Å². The highest BCUT2D eigenvalue weighted by atomic mass is 16.6. The van der Waals surface area contributed by atoms with E-state index in [0.717, 1.165) is 28.3 Å². The van der Waals surface area contributed by atoms with Gasteiger partial charge in [-0.25, -0.2) is 14.3 Å². The number of carbonyl (C=O) groups excluding carboxylic acids is 1. The molecule has 1 amide bonds. The third kappa shape index (κ3) is 3.83. The normalized spacial score (nSPS) is 14.5. The second-order valence-corrected chi connectivity index (χ2v) is 7.22. The Morgan fingerprint density at radius 2 is 1.83 bits per heavy atom. The van der Waals surface area contributed by atoms with Crippen molar-refractivity contribution in [2.24, 2.45) is 0 Å². The standard InChI is InChI=1S/C21H25N5O3/c1-15(2)29-21(27)25-12-10-24(11-13-25)19-8-9-26-20(23-19)17(14-22-26)16-6-4-5-7-18(16)28-3/h4-9,14-15H,10-13H2,1-3H3. The highest BCUT2D eigenvalue weighted by Gasteiger charge is 2.24. The van der Waals surface area contributed by atoms with Gasteiger partial charge in [0.15, 0.2) is 5.65 Å². The van der Waals surface area contributed by atoms with Gasteiger partial charge in [0.1, 0.15) is 11.6 Å². The molecule has 0 spiro atoms. The number of anilines is 1. The minimum absolute atomic E-state index is 0.111. The molecule has 3 aromatic rings. The monoisotopic (exact) mass is 395 g/mol. The average molecular weight is 395 g/mol. The van der Waals surface area contributed by atoms with Gasteiger partial charge >= 0.3 is 6.09 Å². The van der Waals surface area contributed by atoms with Crippen LogP contribution in [-0.2, 0) is 4.74 Å². The first-order valence-corrected chi connectivity index (χ1v) is 9.75. The van der Waals surface area contributed by atoms with Crippen molar-refractivity contribution in [3.63, 3.8) is 0 Å². The highest BCUT2D eigenvalue weighted by Crippen LogP contribution is 2.32. The molecule has 4 rings (SSSR count). The zero-order valence-electron chi connectivity index (χ0n) is 16.9. The molecule has 0 atom stereocenters. The van der Waals surface area contributed by atoms with Gasteiger partial charge in [0, 0.05) is 37.9 Å². The Morgan fingerprint density at radius 3 is 2.55 bits per heavy atom. The molecule has 1 aliphatic heterocycles. The summed E-state index contributed by atoms with van der Waals surface area (Å²) in [7, 11) is 1.66. The van der Waals surface area contributed by atoms with Gasteiger partial charge in [-0.3, -0.25) is 0 Å². The van der Waals surface area contributed by atoms with Gasteiger partial charge < -0.3 is 19.3 Å². The van der Waals surface area contributed by atoms with Crippen LogP contribution in [0.3, 0.4) is 0 Å². The molecule has 152 valence electrons. The molecular weight excluding hydrogens is 370 g/mol. The van der Waals surface area contributed by atoms with Crippen molar-refractivity contribution < 1.29 is 14.3 Å². The summed E-state index contributed by atoms with van der Waals surface area (Å²) in [5.74, 6) is 1.65. The number of benzene rings is 1. The van der Waals surface area contributed by atoms with Crippen LogP contribution in [-0.4, -0.2) is 65.0 Å². The number of nitrogens with zero attached hydrogens (tertiary/aromatic N) is 5. The lowest BCUT2D eigenvalue weighted by Crippen LogP contribution is -2.49. The van der Waals surface area contributed by atoms with E-state index in [1.165, 1.54) is 0 Å². The maximum atomic E-state index is 12.1. The summed E-state index contributed by atoms with van der Waals surface area (Å²) in [6.07, 6.45) is 3.36. The van der Waals surface area contributed by atoms with E-state index in [-0.39, 0.29) is 12.2 Å². The number of piperazine rings is 1. The van der Waals surface area contributed by atoms with E-state index in [9.17, 15) is 4.79 Å². The summed E-state index contributed by atoms with van der Waals surface area (Å²) in [5.41, 5.74) is 2.65. The van der Waals surface area contributed by atoms with Crippen LogP contribution in [0.1, 0.15) is 13.8 Å². The fourth-order valence-corrected chi connectivity index (χ4v) is 3.49. The molecule has 0 N–H and O–H groups in total. The minimum Gasteiger partial charge on any atom is -0.496 e. The van der Waals surface area contributed by atoms with E-state index >= 15 is 0 Å². The molecule has 1 saturated heterocycles. The maximum absolute atomic E-state index is 12.1. The molecule has 2 aromatic heterocycles. The minimum atomic E-state index is -0.252. The van der Waals surface area contributed by atoms with Crippen molar-refractivity contribution in [2.45, 2.75) is 20.0 Å². The second-order valence-electron chi connectivity index (χ2n) is 7.22. The molecule has 0 bridgehead atoms. The fourth-order valence-electron chi connectivity index (χ4n) is 3.49. The van der Waals surface area contributed by atoms with E-state index in [0.29, 0.717) is 26.2 Å². The van der Waals surface area contributed by atoms with Crippen molar-refractivity contribution >= 4 is 17.6 Å². The number of aromatic nitrogens is 3.